The van der Waals surface area contributed by atoms with Gasteiger partial charge in [-0.1, -0.05) is 11.6 Å². The van der Waals surface area contributed by atoms with E-state index in [2.05, 4.69) is 5.32 Å². The van der Waals surface area contributed by atoms with E-state index in [0.717, 1.165) is 11.4 Å². The Balaban J connectivity index is 2.69. The first-order valence-electron chi connectivity index (χ1n) is 4.13. The van der Waals surface area contributed by atoms with Crippen molar-refractivity contribution in [2.45, 2.75) is 6.92 Å². The van der Waals surface area contributed by atoms with Crippen LogP contribution in [0.4, 0.5) is 5.69 Å². The largest absolute Gasteiger partial charge is 0.384 e. The minimum atomic E-state index is 0.0314. The van der Waals surface area contributed by atoms with Crippen LogP contribution in [0.5, 0.6) is 0 Å². The summed E-state index contributed by atoms with van der Waals surface area (Å²) < 4.78 is 0. The minimum absolute atomic E-state index is 0.0314. The van der Waals surface area contributed by atoms with Gasteiger partial charge in [-0.05, 0) is 37.3 Å². The molecule has 0 fully saturated rings. The third kappa shape index (κ3) is 3.49. The summed E-state index contributed by atoms with van der Waals surface area (Å²) in [6.45, 7) is 1.84. The number of rotatable bonds is 3. The standard InChI is InChI=1S/C10H12ClN3/c1-7(6-10(12)13)14-9-4-2-8(11)3-5-9/h2-6,14H,1H3,(H3,12,13)/b7-6-. The Hall–Kier alpha value is -1.48. The van der Waals surface area contributed by atoms with E-state index in [1.54, 1.807) is 18.2 Å². The molecule has 0 atom stereocenters. The molecule has 0 bridgehead atoms. The number of hydrogen-bond donors (Lipinski definition) is 3. The van der Waals surface area contributed by atoms with Gasteiger partial charge in [-0.15, -0.1) is 0 Å². The Labute approximate surface area is 88.1 Å². The van der Waals surface area contributed by atoms with Crippen LogP contribution >= 0.6 is 11.6 Å². The lowest BCUT2D eigenvalue weighted by Crippen LogP contribution is -2.08. The molecule has 4 N–H and O–H groups in total. The van der Waals surface area contributed by atoms with Crippen molar-refractivity contribution in [1.29, 1.82) is 5.41 Å². The number of nitrogens with two attached hydrogens (primary N) is 1. The molecule has 4 heteroatoms. The highest BCUT2D eigenvalue weighted by Gasteiger charge is 1.93. The highest BCUT2D eigenvalue weighted by Crippen LogP contribution is 2.14. The zero-order valence-electron chi connectivity index (χ0n) is 7.84. The van der Waals surface area contributed by atoms with E-state index in [0.29, 0.717) is 5.02 Å². The molecule has 14 heavy (non-hydrogen) atoms. The van der Waals surface area contributed by atoms with Crippen molar-refractivity contribution in [1.82, 2.24) is 0 Å². The smallest absolute Gasteiger partial charge is 0.117 e. The average Bonchev–Trinajstić information content (AvgIpc) is 2.07. The number of halogens is 1. The van der Waals surface area contributed by atoms with Crippen LogP contribution in [0.3, 0.4) is 0 Å². The lowest BCUT2D eigenvalue weighted by atomic mass is 10.3. The van der Waals surface area contributed by atoms with Crippen LogP contribution in [0.1, 0.15) is 6.92 Å². The monoisotopic (exact) mass is 209 g/mol. The second kappa shape index (κ2) is 4.67. The van der Waals surface area contributed by atoms with Crippen LogP contribution in [-0.2, 0) is 0 Å². The van der Waals surface area contributed by atoms with Gasteiger partial charge < -0.3 is 11.1 Å². The van der Waals surface area contributed by atoms with E-state index >= 15 is 0 Å². The van der Waals surface area contributed by atoms with Crippen molar-refractivity contribution >= 4 is 23.1 Å². The Kier molecular flexibility index (Phi) is 3.54. The number of anilines is 1. The molecule has 1 aromatic rings. The van der Waals surface area contributed by atoms with Crippen molar-refractivity contribution in [3.63, 3.8) is 0 Å². The predicted octanol–water partition coefficient (Wildman–Crippen LogP) is 2.59. The van der Waals surface area contributed by atoms with Crippen LogP contribution in [0.2, 0.25) is 5.02 Å². The van der Waals surface area contributed by atoms with Crippen molar-refractivity contribution < 1.29 is 0 Å². The molecular formula is C10H12ClN3. The second-order valence-electron chi connectivity index (χ2n) is 2.91. The van der Waals surface area contributed by atoms with Gasteiger partial charge >= 0.3 is 0 Å². The molecule has 0 saturated carbocycles. The maximum atomic E-state index is 7.06. The molecule has 0 radical (unpaired) electrons. The van der Waals surface area contributed by atoms with E-state index in [-0.39, 0.29) is 5.84 Å². The lowest BCUT2D eigenvalue weighted by molar-refractivity contribution is 1.36. The summed E-state index contributed by atoms with van der Waals surface area (Å²) in [5, 5.41) is 10.8. The van der Waals surface area contributed by atoms with Gasteiger partial charge in [0.1, 0.15) is 5.84 Å². The van der Waals surface area contributed by atoms with Gasteiger partial charge in [0.2, 0.25) is 0 Å². The molecule has 0 unspecified atom stereocenters. The van der Waals surface area contributed by atoms with Crippen molar-refractivity contribution in [3.8, 4) is 0 Å². The van der Waals surface area contributed by atoms with Crippen LogP contribution in [-0.4, -0.2) is 5.84 Å². The van der Waals surface area contributed by atoms with Crippen LogP contribution in [0.25, 0.3) is 0 Å². The summed E-state index contributed by atoms with van der Waals surface area (Å²) in [5.74, 6) is 0.0314. The summed E-state index contributed by atoms with van der Waals surface area (Å²) in [7, 11) is 0. The van der Waals surface area contributed by atoms with E-state index < -0.39 is 0 Å². The highest BCUT2D eigenvalue weighted by atomic mass is 35.5. The van der Waals surface area contributed by atoms with Crippen LogP contribution in [0.15, 0.2) is 36.0 Å². The predicted molar refractivity (Wildman–Crippen MR) is 60.7 cm³/mol. The van der Waals surface area contributed by atoms with Crippen molar-refractivity contribution in [3.05, 3.63) is 41.1 Å². The molecule has 0 aromatic heterocycles. The fraction of sp³-hybridized carbons (Fsp3) is 0.100. The zero-order valence-corrected chi connectivity index (χ0v) is 8.60. The third-order valence-corrected chi connectivity index (χ3v) is 1.81. The van der Waals surface area contributed by atoms with Crippen molar-refractivity contribution in [2.75, 3.05) is 5.32 Å². The molecule has 3 nitrogen and oxygen atoms in total. The average molecular weight is 210 g/mol. The summed E-state index contributed by atoms with van der Waals surface area (Å²) in [6.07, 6.45) is 1.55. The lowest BCUT2D eigenvalue weighted by Gasteiger charge is -2.05. The van der Waals surface area contributed by atoms with Gasteiger partial charge in [0.25, 0.3) is 0 Å². The molecule has 0 heterocycles. The fourth-order valence-corrected chi connectivity index (χ4v) is 1.16. The van der Waals surface area contributed by atoms with E-state index in [4.69, 9.17) is 22.7 Å². The maximum absolute atomic E-state index is 7.06. The first kappa shape index (κ1) is 10.6. The molecule has 0 aliphatic carbocycles. The topological polar surface area (TPSA) is 61.9 Å². The summed E-state index contributed by atoms with van der Waals surface area (Å²) in [5.41, 5.74) is 6.96. The molecule has 0 spiro atoms. The molecule has 1 aromatic carbocycles. The maximum Gasteiger partial charge on any atom is 0.117 e. The molecule has 1 rings (SSSR count). The first-order chi connectivity index (χ1) is 6.58. The van der Waals surface area contributed by atoms with Crippen LogP contribution < -0.4 is 11.1 Å². The fourth-order valence-electron chi connectivity index (χ4n) is 1.03. The Bertz CT molecular complexity index is 354. The van der Waals surface area contributed by atoms with Crippen LogP contribution in [0, 0.1) is 5.41 Å². The van der Waals surface area contributed by atoms with Gasteiger partial charge in [-0.25, -0.2) is 0 Å². The van der Waals surface area contributed by atoms with Gasteiger partial charge in [-0.2, -0.15) is 0 Å². The summed E-state index contributed by atoms with van der Waals surface area (Å²) in [4.78, 5) is 0. The van der Waals surface area contributed by atoms with Gasteiger partial charge in [0.05, 0.1) is 0 Å². The Morgan fingerprint density at radius 3 is 2.50 bits per heavy atom. The van der Waals surface area contributed by atoms with E-state index in [1.165, 1.54) is 0 Å². The Morgan fingerprint density at radius 2 is 2.00 bits per heavy atom. The first-order valence-corrected chi connectivity index (χ1v) is 4.50. The summed E-state index contributed by atoms with van der Waals surface area (Å²) in [6, 6.07) is 7.31. The quantitative estimate of drug-likeness (QED) is 0.529. The third-order valence-electron chi connectivity index (χ3n) is 1.56. The molecule has 0 aliphatic heterocycles. The summed E-state index contributed by atoms with van der Waals surface area (Å²) >= 11 is 5.74. The zero-order chi connectivity index (χ0) is 10.6. The molecular weight excluding hydrogens is 198 g/mol. The van der Waals surface area contributed by atoms with Gasteiger partial charge in [0.15, 0.2) is 0 Å². The molecule has 74 valence electrons. The van der Waals surface area contributed by atoms with Gasteiger partial charge in [-0.3, -0.25) is 5.41 Å². The van der Waals surface area contributed by atoms with Crippen molar-refractivity contribution in [2.24, 2.45) is 5.73 Å². The number of nitrogens with one attached hydrogen (secondary N) is 2. The Morgan fingerprint density at radius 1 is 1.43 bits per heavy atom. The number of benzene rings is 1. The number of amidine groups is 1. The SMILES string of the molecule is C/C(=C/C(=N)N)Nc1ccc(Cl)cc1. The number of allylic oxidation sites excluding steroid dienone is 1. The molecule has 0 aliphatic rings. The normalized spacial score (nSPS) is 11.1. The highest BCUT2D eigenvalue weighted by molar-refractivity contribution is 6.30. The molecule has 0 saturated heterocycles. The van der Waals surface area contributed by atoms with Gasteiger partial charge in [0, 0.05) is 16.4 Å². The molecule has 0 amide bonds. The van der Waals surface area contributed by atoms with E-state index in [1.807, 2.05) is 19.1 Å². The minimum Gasteiger partial charge on any atom is -0.384 e. The number of hydrogen-bond acceptors (Lipinski definition) is 2. The van der Waals surface area contributed by atoms with E-state index in [9.17, 15) is 0 Å². The second-order valence-corrected chi connectivity index (χ2v) is 3.35.